The van der Waals surface area contributed by atoms with E-state index in [0.717, 1.165) is 17.8 Å². The molecule has 0 amide bonds. The van der Waals surface area contributed by atoms with Crippen molar-refractivity contribution >= 4 is 0 Å². The zero-order chi connectivity index (χ0) is 16.9. The van der Waals surface area contributed by atoms with E-state index in [1.54, 1.807) is 13.2 Å². The van der Waals surface area contributed by atoms with Crippen LogP contribution in [-0.2, 0) is 11.3 Å². The Morgan fingerprint density at radius 3 is 2.12 bits per heavy atom. The van der Waals surface area contributed by atoms with Crippen molar-refractivity contribution in [2.24, 2.45) is 17.8 Å². The van der Waals surface area contributed by atoms with Crippen LogP contribution in [0.1, 0.15) is 81.8 Å². The molecular formula is C22H33FO. The summed E-state index contributed by atoms with van der Waals surface area (Å²) < 4.78 is 19.2. The van der Waals surface area contributed by atoms with Gasteiger partial charge in [-0.1, -0.05) is 38.3 Å². The van der Waals surface area contributed by atoms with Crippen molar-refractivity contribution in [1.82, 2.24) is 0 Å². The second-order valence-electron chi connectivity index (χ2n) is 8.08. The van der Waals surface area contributed by atoms with Gasteiger partial charge < -0.3 is 4.74 Å². The zero-order valence-electron chi connectivity index (χ0n) is 15.4. The fraction of sp³-hybridized carbons (Fsp3) is 0.727. The fourth-order valence-corrected chi connectivity index (χ4v) is 5.08. The lowest BCUT2D eigenvalue weighted by molar-refractivity contribution is 0.158. The summed E-state index contributed by atoms with van der Waals surface area (Å²) >= 11 is 0. The molecule has 2 saturated carbocycles. The normalized spacial score (nSPS) is 31.1. The molecule has 0 aromatic heterocycles. The highest BCUT2D eigenvalue weighted by molar-refractivity contribution is 5.27. The lowest BCUT2D eigenvalue weighted by atomic mass is 9.68. The number of hydrogen-bond donors (Lipinski definition) is 0. The molecule has 1 aromatic carbocycles. The average molecular weight is 333 g/mol. The first-order chi connectivity index (χ1) is 11.7. The number of halogens is 1. The molecule has 24 heavy (non-hydrogen) atoms. The van der Waals surface area contributed by atoms with Gasteiger partial charge in [-0.15, -0.1) is 0 Å². The van der Waals surface area contributed by atoms with E-state index in [4.69, 9.17) is 4.74 Å². The topological polar surface area (TPSA) is 9.23 Å². The van der Waals surface area contributed by atoms with Crippen LogP contribution in [0.2, 0.25) is 0 Å². The van der Waals surface area contributed by atoms with Crippen LogP contribution in [0.25, 0.3) is 0 Å². The predicted molar refractivity (Wildman–Crippen MR) is 97.6 cm³/mol. The summed E-state index contributed by atoms with van der Waals surface area (Å²) in [6, 6.07) is 5.78. The number of methoxy groups -OCH3 is 1. The number of benzene rings is 1. The van der Waals surface area contributed by atoms with Gasteiger partial charge >= 0.3 is 0 Å². The fourth-order valence-electron chi connectivity index (χ4n) is 5.08. The van der Waals surface area contributed by atoms with E-state index >= 15 is 0 Å². The van der Waals surface area contributed by atoms with E-state index in [-0.39, 0.29) is 5.82 Å². The lowest BCUT2D eigenvalue weighted by Gasteiger charge is -2.38. The Kier molecular flexibility index (Phi) is 6.32. The third-order valence-electron chi connectivity index (χ3n) is 6.76. The van der Waals surface area contributed by atoms with Crippen LogP contribution in [0.5, 0.6) is 0 Å². The molecule has 1 nitrogen and oxygen atoms in total. The lowest BCUT2D eigenvalue weighted by Crippen LogP contribution is -2.25. The highest BCUT2D eigenvalue weighted by Gasteiger charge is 2.31. The minimum atomic E-state index is -0.102. The molecule has 2 fully saturated rings. The summed E-state index contributed by atoms with van der Waals surface area (Å²) in [7, 11) is 1.61. The van der Waals surface area contributed by atoms with Crippen LogP contribution in [0.15, 0.2) is 18.2 Å². The first kappa shape index (κ1) is 17.9. The van der Waals surface area contributed by atoms with Crippen molar-refractivity contribution < 1.29 is 9.13 Å². The highest BCUT2D eigenvalue weighted by Crippen LogP contribution is 2.44. The van der Waals surface area contributed by atoms with Crippen LogP contribution in [0.3, 0.4) is 0 Å². The molecule has 134 valence electrons. The Morgan fingerprint density at radius 1 is 0.958 bits per heavy atom. The van der Waals surface area contributed by atoms with E-state index in [0.29, 0.717) is 18.1 Å². The minimum absolute atomic E-state index is 0.102. The van der Waals surface area contributed by atoms with Crippen molar-refractivity contribution in [2.75, 3.05) is 7.11 Å². The smallest absolute Gasteiger partial charge is 0.129 e. The van der Waals surface area contributed by atoms with E-state index in [1.807, 2.05) is 6.07 Å². The quantitative estimate of drug-likeness (QED) is 0.601. The van der Waals surface area contributed by atoms with Crippen LogP contribution in [0, 0.1) is 23.6 Å². The summed E-state index contributed by atoms with van der Waals surface area (Å²) in [6.45, 7) is 2.70. The monoisotopic (exact) mass is 332 g/mol. The van der Waals surface area contributed by atoms with E-state index in [9.17, 15) is 4.39 Å². The van der Waals surface area contributed by atoms with Crippen LogP contribution in [0.4, 0.5) is 4.39 Å². The summed E-state index contributed by atoms with van der Waals surface area (Å²) in [5.41, 5.74) is 1.86. The molecule has 0 heterocycles. The molecule has 0 unspecified atom stereocenters. The minimum Gasteiger partial charge on any atom is -0.380 e. The van der Waals surface area contributed by atoms with Gasteiger partial charge in [-0.2, -0.15) is 0 Å². The Morgan fingerprint density at radius 2 is 1.58 bits per heavy atom. The van der Waals surface area contributed by atoms with Crippen molar-refractivity contribution in [3.8, 4) is 0 Å². The number of rotatable bonds is 5. The molecule has 0 spiro atoms. The molecule has 0 atom stereocenters. The molecule has 1 aromatic rings. The molecule has 2 aliphatic rings. The molecule has 3 rings (SSSR count). The summed E-state index contributed by atoms with van der Waals surface area (Å²) in [4.78, 5) is 0. The van der Waals surface area contributed by atoms with E-state index in [2.05, 4.69) is 13.0 Å². The molecule has 0 N–H and O–H groups in total. The molecule has 2 aliphatic carbocycles. The Hall–Kier alpha value is -0.890. The van der Waals surface area contributed by atoms with Crippen molar-refractivity contribution in [3.05, 3.63) is 35.1 Å². The molecule has 0 saturated heterocycles. The van der Waals surface area contributed by atoms with Gasteiger partial charge in [0, 0.05) is 12.7 Å². The Labute approximate surface area is 147 Å². The van der Waals surface area contributed by atoms with Crippen LogP contribution >= 0.6 is 0 Å². The van der Waals surface area contributed by atoms with Gasteiger partial charge in [-0.05, 0) is 73.8 Å². The van der Waals surface area contributed by atoms with Gasteiger partial charge in [-0.25, -0.2) is 4.39 Å². The first-order valence-corrected chi connectivity index (χ1v) is 9.98. The second-order valence-corrected chi connectivity index (χ2v) is 8.08. The predicted octanol–water partition coefficient (Wildman–Crippen LogP) is 6.46. The molecule has 0 aliphatic heterocycles. The number of ether oxygens (including phenoxy) is 1. The largest absolute Gasteiger partial charge is 0.380 e. The van der Waals surface area contributed by atoms with Crippen LogP contribution < -0.4 is 0 Å². The van der Waals surface area contributed by atoms with Crippen molar-refractivity contribution in [1.29, 1.82) is 0 Å². The molecule has 2 heteroatoms. The molecule has 0 bridgehead atoms. The third kappa shape index (κ3) is 4.20. The van der Waals surface area contributed by atoms with E-state index < -0.39 is 0 Å². The maximum atomic E-state index is 14.1. The maximum Gasteiger partial charge on any atom is 0.129 e. The zero-order valence-corrected chi connectivity index (χ0v) is 15.4. The SMILES string of the molecule is CC[C@H]1CC[C@H](C2CCC(c3ccc(COC)c(F)c3)CC2)CC1. The number of hydrogen-bond acceptors (Lipinski definition) is 1. The summed E-state index contributed by atoms with van der Waals surface area (Å²) in [5.74, 6) is 3.34. The van der Waals surface area contributed by atoms with Gasteiger partial charge in [0.1, 0.15) is 5.82 Å². The molecule has 0 radical (unpaired) electrons. The third-order valence-corrected chi connectivity index (χ3v) is 6.76. The summed E-state index contributed by atoms with van der Waals surface area (Å²) in [5, 5.41) is 0. The van der Waals surface area contributed by atoms with Gasteiger partial charge in [0.15, 0.2) is 0 Å². The Balaban J connectivity index is 1.52. The summed E-state index contributed by atoms with van der Waals surface area (Å²) in [6.07, 6.45) is 12.3. The Bertz CT molecular complexity index is 511. The van der Waals surface area contributed by atoms with Gasteiger partial charge in [0.05, 0.1) is 6.61 Å². The van der Waals surface area contributed by atoms with Crippen molar-refractivity contribution in [2.45, 2.75) is 77.2 Å². The average Bonchev–Trinajstić information content (AvgIpc) is 2.64. The molecular weight excluding hydrogens is 299 g/mol. The second kappa shape index (κ2) is 8.47. The standard InChI is InChI=1S/C22H33FO/c1-3-16-4-6-17(7-5-16)18-8-10-19(11-9-18)20-12-13-21(15-24-2)22(23)14-20/h12-14,16-19H,3-11,15H2,1-2H3/t16-,17-,18?,19?. The first-order valence-electron chi connectivity index (χ1n) is 9.98. The van der Waals surface area contributed by atoms with Crippen molar-refractivity contribution in [3.63, 3.8) is 0 Å². The maximum absolute atomic E-state index is 14.1. The van der Waals surface area contributed by atoms with Gasteiger partial charge in [-0.3, -0.25) is 0 Å². The van der Waals surface area contributed by atoms with E-state index in [1.165, 1.54) is 63.4 Å². The van der Waals surface area contributed by atoms with Crippen LogP contribution in [-0.4, -0.2) is 7.11 Å². The highest BCUT2D eigenvalue weighted by atomic mass is 19.1. The van der Waals surface area contributed by atoms with Gasteiger partial charge in [0.2, 0.25) is 0 Å². The van der Waals surface area contributed by atoms with Gasteiger partial charge in [0.25, 0.3) is 0 Å².